The van der Waals surface area contributed by atoms with Crippen molar-refractivity contribution in [3.63, 3.8) is 0 Å². The highest BCUT2D eigenvalue weighted by Crippen LogP contribution is 2.25. The predicted octanol–water partition coefficient (Wildman–Crippen LogP) is 0.518. The van der Waals surface area contributed by atoms with Gasteiger partial charge in [-0.3, -0.25) is 9.59 Å². The summed E-state index contributed by atoms with van der Waals surface area (Å²) >= 11 is 1.20. The minimum Gasteiger partial charge on any atom is -0.481 e. The number of thiazole rings is 1. The molecule has 1 saturated heterocycles. The number of aromatic nitrogens is 1. The Morgan fingerprint density at radius 2 is 2.29 bits per heavy atom. The van der Waals surface area contributed by atoms with Crippen LogP contribution < -0.4 is 5.73 Å². The van der Waals surface area contributed by atoms with Gasteiger partial charge < -0.3 is 15.7 Å². The van der Waals surface area contributed by atoms with Crippen molar-refractivity contribution < 1.29 is 14.7 Å². The van der Waals surface area contributed by atoms with Crippen molar-refractivity contribution in [1.29, 1.82) is 0 Å². The van der Waals surface area contributed by atoms with Crippen LogP contribution in [-0.4, -0.2) is 40.0 Å². The second kappa shape index (κ2) is 4.33. The lowest BCUT2D eigenvalue weighted by atomic mass is 9.99. The Morgan fingerprint density at radius 3 is 2.76 bits per heavy atom. The molecule has 3 N–H and O–H groups in total. The number of carboxylic acid groups (broad SMARTS) is 1. The Bertz CT molecular complexity index is 459. The third kappa shape index (κ3) is 2.23. The van der Waals surface area contributed by atoms with E-state index in [9.17, 15) is 9.59 Å². The molecular weight excluding hydrogens is 242 g/mol. The summed E-state index contributed by atoms with van der Waals surface area (Å²) in [5.41, 5.74) is 5.76. The largest absolute Gasteiger partial charge is 0.481 e. The smallest absolute Gasteiger partial charge is 0.308 e. The van der Waals surface area contributed by atoms with Crippen molar-refractivity contribution in [3.05, 3.63) is 11.1 Å². The second-order valence-corrected chi connectivity index (χ2v) is 5.09. The van der Waals surface area contributed by atoms with Gasteiger partial charge in [-0.1, -0.05) is 6.92 Å². The fourth-order valence-electron chi connectivity index (χ4n) is 2.00. The maximum Gasteiger partial charge on any atom is 0.308 e. The molecule has 1 aromatic rings. The fraction of sp³-hybridized carbons (Fsp3) is 0.500. The summed E-state index contributed by atoms with van der Waals surface area (Å²) in [7, 11) is 0. The molecular formula is C10H13N3O3S. The maximum atomic E-state index is 12.0. The summed E-state index contributed by atoms with van der Waals surface area (Å²) in [6.07, 6.45) is 0. The minimum atomic E-state index is -0.856. The zero-order chi connectivity index (χ0) is 12.6. The monoisotopic (exact) mass is 255 g/mol. The Kier molecular flexibility index (Phi) is 3.01. The zero-order valence-electron chi connectivity index (χ0n) is 9.29. The molecule has 0 unspecified atom stereocenters. The molecule has 0 aromatic carbocycles. The number of carbonyl (C=O) groups excluding carboxylic acids is 1. The van der Waals surface area contributed by atoms with Gasteiger partial charge in [0.25, 0.3) is 5.91 Å². The van der Waals surface area contributed by atoms with Crippen LogP contribution in [0.25, 0.3) is 0 Å². The van der Waals surface area contributed by atoms with Crippen molar-refractivity contribution in [2.24, 2.45) is 11.8 Å². The van der Waals surface area contributed by atoms with Gasteiger partial charge in [-0.25, -0.2) is 4.98 Å². The van der Waals surface area contributed by atoms with E-state index < -0.39 is 11.9 Å². The molecule has 6 nitrogen and oxygen atoms in total. The molecule has 2 heterocycles. The molecule has 1 aromatic heterocycles. The average molecular weight is 255 g/mol. The van der Waals surface area contributed by atoms with Gasteiger partial charge in [0.2, 0.25) is 0 Å². The summed E-state index contributed by atoms with van der Waals surface area (Å²) in [6.45, 7) is 2.53. The van der Waals surface area contributed by atoms with Crippen molar-refractivity contribution >= 4 is 28.3 Å². The molecule has 0 saturated carbocycles. The first-order chi connectivity index (χ1) is 7.99. The molecule has 2 rings (SSSR count). The first-order valence-corrected chi connectivity index (χ1v) is 6.10. The highest BCUT2D eigenvalue weighted by molar-refractivity contribution is 7.13. The van der Waals surface area contributed by atoms with E-state index in [4.69, 9.17) is 10.8 Å². The summed E-state index contributed by atoms with van der Waals surface area (Å²) in [6, 6.07) is 0. The Balaban J connectivity index is 2.10. The summed E-state index contributed by atoms with van der Waals surface area (Å²) < 4.78 is 0. The number of aliphatic carboxylic acids is 1. The predicted molar refractivity (Wildman–Crippen MR) is 62.7 cm³/mol. The van der Waals surface area contributed by atoms with Gasteiger partial charge in [-0.05, 0) is 5.92 Å². The summed E-state index contributed by atoms with van der Waals surface area (Å²) in [5, 5.41) is 10.9. The molecule has 2 atom stereocenters. The minimum absolute atomic E-state index is 0.0348. The highest BCUT2D eigenvalue weighted by atomic mass is 32.1. The topological polar surface area (TPSA) is 96.5 Å². The number of hydrogen-bond donors (Lipinski definition) is 2. The molecule has 1 aliphatic heterocycles. The van der Waals surface area contributed by atoms with Gasteiger partial charge in [0.1, 0.15) is 5.69 Å². The number of carbonyl (C=O) groups is 2. The average Bonchev–Trinajstić information content (AvgIpc) is 2.83. The number of nitrogen functional groups attached to an aromatic ring is 1. The molecule has 1 amide bonds. The van der Waals surface area contributed by atoms with E-state index in [1.165, 1.54) is 16.2 Å². The summed E-state index contributed by atoms with van der Waals surface area (Å²) in [4.78, 5) is 28.4. The van der Waals surface area contributed by atoms with Crippen molar-refractivity contribution in [3.8, 4) is 0 Å². The third-order valence-electron chi connectivity index (χ3n) is 2.96. The molecule has 0 radical (unpaired) electrons. The van der Waals surface area contributed by atoms with E-state index >= 15 is 0 Å². The number of nitrogens with zero attached hydrogens (tertiary/aromatic N) is 2. The number of hydrogen-bond acceptors (Lipinski definition) is 5. The first-order valence-electron chi connectivity index (χ1n) is 5.22. The van der Waals surface area contributed by atoms with Crippen LogP contribution in [0.5, 0.6) is 0 Å². The van der Waals surface area contributed by atoms with Gasteiger partial charge in [-0.15, -0.1) is 11.3 Å². The van der Waals surface area contributed by atoms with Gasteiger partial charge in [0, 0.05) is 18.5 Å². The SMILES string of the molecule is C[C@@H]1CN(C(=O)c2csc(N)n2)C[C@H]1C(=O)O. The van der Waals surface area contributed by atoms with Crippen LogP contribution in [0, 0.1) is 11.8 Å². The van der Waals surface area contributed by atoms with E-state index in [1.807, 2.05) is 6.92 Å². The van der Waals surface area contributed by atoms with E-state index in [2.05, 4.69) is 4.98 Å². The van der Waals surface area contributed by atoms with Crippen molar-refractivity contribution in [2.75, 3.05) is 18.8 Å². The standard InChI is InChI=1S/C10H13N3O3S/c1-5-2-13(3-6(5)9(15)16)8(14)7-4-17-10(11)12-7/h4-6H,2-3H2,1H3,(H2,11,12)(H,15,16)/t5-,6-/m1/s1. The van der Waals surface area contributed by atoms with Crippen LogP contribution in [0.4, 0.5) is 5.13 Å². The number of carboxylic acids is 1. The van der Waals surface area contributed by atoms with E-state index in [-0.39, 0.29) is 18.4 Å². The van der Waals surface area contributed by atoms with Gasteiger partial charge in [0.05, 0.1) is 5.92 Å². The summed E-state index contributed by atoms with van der Waals surface area (Å²) in [5.74, 6) is -1.62. The molecule has 1 aliphatic rings. The Labute approximate surface area is 102 Å². The Hall–Kier alpha value is -1.63. The van der Waals surface area contributed by atoms with Crippen molar-refractivity contribution in [1.82, 2.24) is 9.88 Å². The second-order valence-electron chi connectivity index (χ2n) is 4.20. The van der Waals surface area contributed by atoms with Crippen LogP contribution in [0.3, 0.4) is 0 Å². The van der Waals surface area contributed by atoms with Crippen LogP contribution >= 0.6 is 11.3 Å². The number of rotatable bonds is 2. The quantitative estimate of drug-likeness (QED) is 0.803. The van der Waals surface area contributed by atoms with Crippen LogP contribution in [-0.2, 0) is 4.79 Å². The number of nitrogens with two attached hydrogens (primary N) is 1. The normalized spacial score (nSPS) is 23.9. The van der Waals surface area contributed by atoms with E-state index in [1.54, 1.807) is 5.38 Å². The van der Waals surface area contributed by atoms with Gasteiger partial charge in [-0.2, -0.15) is 0 Å². The highest BCUT2D eigenvalue weighted by Gasteiger charge is 2.37. The number of amides is 1. The first kappa shape index (κ1) is 11.8. The molecule has 0 aliphatic carbocycles. The molecule has 17 heavy (non-hydrogen) atoms. The third-order valence-corrected chi connectivity index (χ3v) is 3.63. The number of likely N-dealkylation sites (tertiary alicyclic amines) is 1. The van der Waals surface area contributed by atoms with Crippen LogP contribution in [0.15, 0.2) is 5.38 Å². The van der Waals surface area contributed by atoms with Gasteiger partial charge >= 0.3 is 5.97 Å². The van der Waals surface area contributed by atoms with E-state index in [0.717, 1.165) is 0 Å². The fourth-order valence-corrected chi connectivity index (χ4v) is 2.54. The van der Waals surface area contributed by atoms with Crippen LogP contribution in [0.2, 0.25) is 0 Å². The molecule has 92 valence electrons. The number of anilines is 1. The van der Waals surface area contributed by atoms with Crippen molar-refractivity contribution in [2.45, 2.75) is 6.92 Å². The lowest BCUT2D eigenvalue weighted by molar-refractivity contribution is -0.142. The molecule has 0 bridgehead atoms. The van der Waals surface area contributed by atoms with Gasteiger partial charge in [0.15, 0.2) is 5.13 Å². The molecule has 0 spiro atoms. The van der Waals surface area contributed by atoms with Crippen LogP contribution in [0.1, 0.15) is 17.4 Å². The molecule has 7 heteroatoms. The molecule has 1 fully saturated rings. The Morgan fingerprint density at radius 1 is 1.59 bits per heavy atom. The maximum absolute atomic E-state index is 12.0. The van der Waals surface area contributed by atoms with E-state index in [0.29, 0.717) is 17.4 Å². The lowest BCUT2D eigenvalue weighted by Gasteiger charge is -2.13. The zero-order valence-corrected chi connectivity index (χ0v) is 10.1. The lowest BCUT2D eigenvalue weighted by Crippen LogP contribution is -2.30.